The van der Waals surface area contributed by atoms with Gasteiger partial charge in [-0.1, -0.05) is 30.3 Å². The Bertz CT molecular complexity index is 790. The summed E-state index contributed by atoms with van der Waals surface area (Å²) in [5, 5.41) is 2.13. The van der Waals surface area contributed by atoms with Crippen LogP contribution in [0.1, 0.15) is 5.56 Å². The van der Waals surface area contributed by atoms with Gasteiger partial charge in [-0.2, -0.15) is 0 Å². The lowest BCUT2D eigenvalue weighted by Gasteiger charge is -2.10. The highest BCUT2D eigenvalue weighted by atomic mass is 32.2. The molecule has 0 aliphatic heterocycles. The molecule has 3 rings (SSSR count). The van der Waals surface area contributed by atoms with Gasteiger partial charge in [0.15, 0.2) is 0 Å². The average molecular weight is 325 g/mol. The first kappa shape index (κ1) is 15.7. The smallest absolute Gasteiger partial charge is 0.145 e. The first-order valence-electron chi connectivity index (χ1n) is 7.53. The molecule has 0 atom stereocenters. The Morgan fingerprint density at radius 1 is 1.04 bits per heavy atom. The second kappa shape index (κ2) is 7.38. The van der Waals surface area contributed by atoms with Crippen molar-refractivity contribution in [3.8, 4) is 11.5 Å². The van der Waals surface area contributed by atoms with Gasteiger partial charge in [0.2, 0.25) is 0 Å². The molecule has 0 saturated heterocycles. The lowest BCUT2D eigenvalue weighted by atomic mass is 10.1. The monoisotopic (exact) mass is 325 g/mol. The fraction of sp³-hybridized carbons (Fsp3) is 0.211. The molecule has 4 heteroatoms. The fourth-order valence-corrected chi connectivity index (χ4v) is 3.21. The van der Waals surface area contributed by atoms with Crippen LogP contribution in [-0.4, -0.2) is 24.5 Å². The van der Waals surface area contributed by atoms with Crippen LogP contribution in [0.15, 0.2) is 59.6 Å². The number of hydrogen-bond acceptors (Lipinski definition) is 4. The quantitative estimate of drug-likeness (QED) is 0.484. The van der Waals surface area contributed by atoms with E-state index in [9.17, 15) is 0 Å². The minimum Gasteiger partial charge on any atom is -0.494 e. The van der Waals surface area contributed by atoms with E-state index in [0.717, 1.165) is 33.2 Å². The van der Waals surface area contributed by atoms with E-state index in [2.05, 4.69) is 19.1 Å². The number of para-hydroxylation sites is 2. The lowest BCUT2D eigenvalue weighted by molar-refractivity contribution is 0.344. The number of pyridine rings is 1. The summed E-state index contributed by atoms with van der Waals surface area (Å²) < 4.78 is 11.1. The highest BCUT2D eigenvalue weighted by Crippen LogP contribution is 2.29. The molecule has 3 nitrogen and oxygen atoms in total. The fourth-order valence-electron chi connectivity index (χ4n) is 2.42. The number of rotatable bonds is 6. The largest absolute Gasteiger partial charge is 0.494 e. The van der Waals surface area contributed by atoms with Crippen LogP contribution in [0.25, 0.3) is 10.9 Å². The molecule has 1 heterocycles. The summed E-state index contributed by atoms with van der Waals surface area (Å²) in [6.45, 7) is 2.76. The number of fused-ring (bicyclic) bond motifs is 1. The van der Waals surface area contributed by atoms with Crippen LogP contribution in [0.5, 0.6) is 11.5 Å². The summed E-state index contributed by atoms with van der Waals surface area (Å²) in [7, 11) is 1.68. The first-order valence-corrected chi connectivity index (χ1v) is 8.51. The van der Waals surface area contributed by atoms with Crippen LogP contribution in [0.4, 0.5) is 0 Å². The van der Waals surface area contributed by atoms with Gasteiger partial charge in [-0.15, -0.1) is 11.8 Å². The standard InChI is InChI=1S/C19H19NO2S/c1-14-13-18(20-19-16(14)9-6-10-17(19)21-2)23-12-11-22-15-7-4-3-5-8-15/h3-10,13H,11-12H2,1-2H3. The van der Waals surface area contributed by atoms with E-state index in [0.29, 0.717) is 6.61 Å². The van der Waals surface area contributed by atoms with Gasteiger partial charge >= 0.3 is 0 Å². The number of hydrogen-bond donors (Lipinski definition) is 0. The zero-order valence-corrected chi connectivity index (χ0v) is 14.1. The molecule has 0 amide bonds. The highest BCUT2D eigenvalue weighted by Gasteiger charge is 2.08. The first-order chi connectivity index (χ1) is 11.3. The van der Waals surface area contributed by atoms with E-state index < -0.39 is 0 Å². The number of aromatic nitrogens is 1. The SMILES string of the molecule is COc1cccc2c(C)cc(SCCOc3ccccc3)nc12. The van der Waals surface area contributed by atoms with Crippen molar-refractivity contribution in [1.82, 2.24) is 4.98 Å². The summed E-state index contributed by atoms with van der Waals surface area (Å²) >= 11 is 1.70. The summed E-state index contributed by atoms with van der Waals surface area (Å²) in [6, 6.07) is 18.0. The van der Waals surface area contributed by atoms with Crippen molar-refractivity contribution in [2.45, 2.75) is 11.9 Å². The molecule has 0 radical (unpaired) electrons. The van der Waals surface area contributed by atoms with Crippen LogP contribution < -0.4 is 9.47 Å². The molecule has 0 aliphatic rings. The molecular weight excluding hydrogens is 306 g/mol. The van der Waals surface area contributed by atoms with Crippen LogP contribution in [-0.2, 0) is 0 Å². The van der Waals surface area contributed by atoms with Gasteiger partial charge in [-0.25, -0.2) is 4.98 Å². The zero-order valence-electron chi connectivity index (χ0n) is 13.3. The van der Waals surface area contributed by atoms with Gasteiger partial charge in [0, 0.05) is 11.1 Å². The Labute approximate surface area is 140 Å². The second-order valence-electron chi connectivity index (χ2n) is 5.14. The Kier molecular flexibility index (Phi) is 5.03. The van der Waals surface area contributed by atoms with Gasteiger partial charge < -0.3 is 9.47 Å². The van der Waals surface area contributed by atoms with Crippen molar-refractivity contribution >= 4 is 22.7 Å². The zero-order chi connectivity index (χ0) is 16.1. The number of benzene rings is 2. The predicted molar refractivity (Wildman–Crippen MR) is 95.7 cm³/mol. The second-order valence-corrected chi connectivity index (χ2v) is 6.26. The number of ether oxygens (including phenoxy) is 2. The van der Waals surface area contributed by atoms with Gasteiger partial charge in [-0.3, -0.25) is 0 Å². The molecule has 0 aliphatic carbocycles. The lowest BCUT2D eigenvalue weighted by Crippen LogP contribution is -2.00. The van der Waals surface area contributed by atoms with Crippen LogP contribution in [0.2, 0.25) is 0 Å². The Balaban J connectivity index is 1.68. The van der Waals surface area contributed by atoms with E-state index in [1.165, 1.54) is 5.56 Å². The molecule has 23 heavy (non-hydrogen) atoms. The van der Waals surface area contributed by atoms with Crippen molar-refractivity contribution in [2.75, 3.05) is 19.5 Å². The van der Waals surface area contributed by atoms with Gasteiger partial charge in [0.05, 0.1) is 18.7 Å². The molecule has 3 aromatic rings. The number of methoxy groups -OCH3 is 1. The number of nitrogens with zero attached hydrogens (tertiary/aromatic N) is 1. The molecule has 118 valence electrons. The maximum Gasteiger partial charge on any atom is 0.145 e. The maximum atomic E-state index is 5.72. The van der Waals surface area contributed by atoms with Crippen molar-refractivity contribution in [1.29, 1.82) is 0 Å². The van der Waals surface area contributed by atoms with E-state index in [1.807, 2.05) is 42.5 Å². The van der Waals surface area contributed by atoms with E-state index in [1.54, 1.807) is 18.9 Å². The molecule has 2 aromatic carbocycles. The molecule has 0 fully saturated rings. The van der Waals surface area contributed by atoms with Crippen molar-refractivity contribution in [3.63, 3.8) is 0 Å². The summed E-state index contributed by atoms with van der Waals surface area (Å²) in [6.07, 6.45) is 0. The Morgan fingerprint density at radius 2 is 1.87 bits per heavy atom. The van der Waals surface area contributed by atoms with Crippen LogP contribution in [0.3, 0.4) is 0 Å². The average Bonchev–Trinajstić information content (AvgIpc) is 2.59. The topological polar surface area (TPSA) is 31.4 Å². The molecule has 0 unspecified atom stereocenters. The highest BCUT2D eigenvalue weighted by molar-refractivity contribution is 7.99. The third-order valence-corrected chi connectivity index (χ3v) is 4.43. The van der Waals surface area contributed by atoms with Crippen molar-refractivity contribution in [2.24, 2.45) is 0 Å². The van der Waals surface area contributed by atoms with Crippen molar-refractivity contribution in [3.05, 3.63) is 60.2 Å². The molecule has 0 bridgehead atoms. The van der Waals surface area contributed by atoms with Crippen LogP contribution >= 0.6 is 11.8 Å². The Morgan fingerprint density at radius 3 is 2.65 bits per heavy atom. The normalized spacial score (nSPS) is 10.7. The summed E-state index contributed by atoms with van der Waals surface area (Å²) in [4.78, 5) is 4.73. The molecule has 0 saturated carbocycles. The summed E-state index contributed by atoms with van der Waals surface area (Å²) in [5.74, 6) is 2.56. The van der Waals surface area contributed by atoms with Gasteiger partial charge in [0.25, 0.3) is 0 Å². The van der Waals surface area contributed by atoms with Crippen molar-refractivity contribution < 1.29 is 9.47 Å². The minimum atomic E-state index is 0.652. The molecular formula is C19H19NO2S. The van der Waals surface area contributed by atoms with E-state index in [-0.39, 0.29) is 0 Å². The molecule has 0 spiro atoms. The van der Waals surface area contributed by atoms with Gasteiger partial charge in [0.1, 0.15) is 17.0 Å². The molecule has 1 aromatic heterocycles. The maximum absolute atomic E-state index is 5.72. The predicted octanol–water partition coefficient (Wildman–Crippen LogP) is 4.72. The molecule has 0 N–H and O–H groups in total. The van der Waals surface area contributed by atoms with Crippen LogP contribution in [0, 0.1) is 6.92 Å². The van der Waals surface area contributed by atoms with Gasteiger partial charge in [-0.05, 0) is 36.8 Å². The Hall–Kier alpha value is -2.20. The van der Waals surface area contributed by atoms with E-state index in [4.69, 9.17) is 14.5 Å². The summed E-state index contributed by atoms with van der Waals surface area (Å²) in [5.41, 5.74) is 2.13. The third kappa shape index (κ3) is 3.77. The minimum absolute atomic E-state index is 0.652. The number of aryl methyl sites for hydroxylation is 1. The third-order valence-electron chi connectivity index (χ3n) is 3.55. The van der Waals surface area contributed by atoms with E-state index >= 15 is 0 Å². The number of thioether (sulfide) groups is 1.